The summed E-state index contributed by atoms with van der Waals surface area (Å²) in [6, 6.07) is 4.52. The topological polar surface area (TPSA) is 98.5 Å². The first kappa shape index (κ1) is 19.7. The number of nitro benzene ring substituents is 1. The van der Waals surface area contributed by atoms with Gasteiger partial charge in [0.2, 0.25) is 0 Å². The Hall–Kier alpha value is -2.35. The van der Waals surface area contributed by atoms with Gasteiger partial charge in [-0.2, -0.15) is 11.8 Å². The zero-order chi connectivity index (χ0) is 18.1. The van der Waals surface area contributed by atoms with E-state index in [1.807, 2.05) is 6.26 Å². The van der Waals surface area contributed by atoms with Gasteiger partial charge in [-0.25, -0.2) is 4.79 Å². The number of nitrogens with one attached hydrogen (secondary N) is 1. The van der Waals surface area contributed by atoms with Crippen LogP contribution in [-0.2, 0) is 9.53 Å². The van der Waals surface area contributed by atoms with E-state index in [0.717, 1.165) is 0 Å². The molecule has 1 aromatic carbocycles. The molecule has 1 aromatic rings. The van der Waals surface area contributed by atoms with Crippen LogP contribution in [0.1, 0.15) is 23.7 Å². The molecule has 0 aliphatic heterocycles. The summed E-state index contributed by atoms with van der Waals surface area (Å²) in [4.78, 5) is 34.6. The Morgan fingerprint density at radius 2 is 2.17 bits per heavy atom. The largest absolute Gasteiger partial charge is 0.460 e. The summed E-state index contributed by atoms with van der Waals surface area (Å²) >= 11 is 1.54. The number of carbonyl (C=O) groups excluding carboxylic acids is 2. The number of nitro groups is 1. The number of amides is 1. The van der Waals surface area contributed by atoms with Crippen LogP contribution in [0.3, 0.4) is 0 Å². The van der Waals surface area contributed by atoms with Gasteiger partial charge in [-0.3, -0.25) is 14.9 Å². The van der Waals surface area contributed by atoms with E-state index in [1.165, 1.54) is 36.0 Å². The number of benzene rings is 1. The van der Waals surface area contributed by atoms with Crippen LogP contribution in [-0.4, -0.2) is 41.5 Å². The minimum atomic E-state index is -0.816. The molecular weight excluding hydrogens is 332 g/mol. The average Bonchev–Trinajstić information content (AvgIpc) is 2.56. The van der Waals surface area contributed by atoms with Crippen molar-refractivity contribution in [1.29, 1.82) is 0 Å². The second-order valence-electron chi connectivity index (χ2n) is 5.18. The molecule has 0 saturated carbocycles. The zero-order valence-corrected chi connectivity index (χ0v) is 14.4. The molecule has 0 aromatic heterocycles. The Morgan fingerprint density at radius 3 is 2.75 bits per heavy atom. The molecule has 0 saturated heterocycles. The van der Waals surface area contributed by atoms with Crippen molar-refractivity contribution >= 4 is 29.3 Å². The van der Waals surface area contributed by atoms with Crippen LogP contribution in [0, 0.1) is 10.1 Å². The van der Waals surface area contributed by atoms with E-state index in [2.05, 4.69) is 11.9 Å². The van der Waals surface area contributed by atoms with E-state index in [1.54, 1.807) is 6.92 Å². The van der Waals surface area contributed by atoms with Crippen molar-refractivity contribution in [2.75, 3.05) is 18.6 Å². The number of esters is 1. The second kappa shape index (κ2) is 9.71. The fraction of sp³-hybridized carbons (Fsp3) is 0.375. The number of carbonyl (C=O) groups is 2. The summed E-state index contributed by atoms with van der Waals surface area (Å²) in [5.74, 6) is -0.454. The first-order chi connectivity index (χ1) is 11.3. The van der Waals surface area contributed by atoms with Crippen molar-refractivity contribution < 1.29 is 19.2 Å². The number of nitrogens with zero attached hydrogens (tertiary/aromatic N) is 1. The molecule has 0 aliphatic rings. The van der Waals surface area contributed by atoms with Crippen LogP contribution in [0.2, 0.25) is 0 Å². The molecule has 0 aliphatic carbocycles. The molecule has 7 nitrogen and oxygen atoms in total. The highest BCUT2D eigenvalue weighted by atomic mass is 32.2. The Morgan fingerprint density at radius 1 is 1.46 bits per heavy atom. The molecule has 8 heteroatoms. The van der Waals surface area contributed by atoms with E-state index in [4.69, 9.17) is 4.74 Å². The maximum absolute atomic E-state index is 12.3. The van der Waals surface area contributed by atoms with Gasteiger partial charge in [0.25, 0.3) is 11.6 Å². The van der Waals surface area contributed by atoms with Crippen LogP contribution >= 0.6 is 11.8 Å². The van der Waals surface area contributed by atoms with Gasteiger partial charge in [0.15, 0.2) is 0 Å². The van der Waals surface area contributed by atoms with E-state index in [9.17, 15) is 19.7 Å². The molecule has 1 atom stereocenters. The van der Waals surface area contributed by atoms with Gasteiger partial charge >= 0.3 is 5.97 Å². The summed E-state index contributed by atoms with van der Waals surface area (Å²) in [5, 5.41) is 13.4. The van der Waals surface area contributed by atoms with Crippen molar-refractivity contribution in [2.45, 2.75) is 19.4 Å². The van der Waals surface area contributed by atoms with Gasteiger partial charge in [-0.1, -0.05) is 12.6 Å². The highest BCUT2D eigenvalue weighted by Crippen LogP contribution is 2.13. The third-order valence-corrected chi connectivity index (χ3v) is 3.62. The maximum Gasteiger partial charge on any atom is 0.328 e. The molecule has 130 valence electrons. The molecule has 0 heterocycles. The Kier molecular flexibility index (Phi) is 7.97. The molecule has 0 radical (unpaired) electrons. The van der Waals surface area contributed by atoms with Crippen LogP contribution in [0.4, 0.5) is 5.69 Å². The van der Waals surface area contributed by atoms with Crippen molar-refractivity contribution in [3.05, 3.63) is 52.1 Å². The van der Waals surface area contributed by atoms with Gasteiger partial charge in [0, 0.05) is 17.7 Å². The normalized spacial score (nSPS) is 11.4. The molecule has 0 fully saturated rings. The fourth-order valence-corrected chi connectivity index (χ4v) is 2.25. The van der Waals surface area contributed by atoms with E-state index in [-0.39, 0.29) is 17.9 Å². The number of hydrogen-bond donors (Lipinski definition) is 1. The monoisotopic (exact) mass is 352 g/mol. The third kappa shape index (κ3) is 6.41. The summed E-state index contributed by atoms with van der Waals surface area (Å²) in [6.07, 6.45) is 2.29. The molecule has 1 rings (SSSR count). The lowest BCUT2D eigenvalue weighted by Gasteiger charge is -2.17. The van der Waals surface area contributed by atoms with Gasteiger partial charge in [-0.05, 0) is 37.0 Å². The van der Waals surface area contributed by atoms with Gasteiger partial charge in [0.1, 0.15) is 12.6 Å². The van der Waals surface area contributed by atoms with E-state index in [0.29, 0.717) is 17.7 Å². The van der Waals surface area contributed by atoms with Gasteiger partial charge in [0.05, 0.1) is 4.92 Å². The first-order valence-corrected chi connectivity index (χ1v) is 8.59. The summed E-state index contributed by atoms with van der Waals surface area (Å²) in [5.41, 5.74) is 0.621. The van der Waals surface area contributed by atoms with Crippen molar-refractivity contribution in [2.24, 2.45) is 0 Å². The molecular formula is C16H20N2O5S. The number of thioether (sulfide) groups is 1. The Bertz CT molecular complexity index is 633. The SMILES string of the molecule is C=C(C)COC(=O)C(CCSC)NC(=O)c1cccc([N+](=O)[O-])c1. The standard InChI is InChI=1S/C16H20N2O5S/c1-11(2)10-23-16(20)14(7-8-24-3)17-15(19)12-5-4-6-13(9-12)18(21)22/h4-6,9,14H,1,7-8,10H2,2-3H3,(H,17,19). The summed E-state index contributed by atoms with van der Waals surface area (Å²) < 4.78 is 5.09. The van der Waals surface area contributed by atoms with Crippen molar-refractivity contribution in [1.82, 2.24) is 5.32 Å². The van der Waals surface area contributed by atoms with Crippen LogP contribution in [0.25, 0.3) is 0 Å². The van der Waals surface area contributed by atoms with Crippen LogP contribution in [0.5, 0.6) is 0 Å². The van der Waals surface area contributed by atoms with Gasteiger partial charge < -0.3 is 10.1 Å². The molecule has 1 amide bonds. The molecule has 0 spiro atoms. The average molecular weight is 352 g/mol. The predicted octanol–water partition coefficient (Wildman–Crippen LogP) is 2.57. The number of non-ortho nitro benzene ring substituents is 1. The smallest absolute Gasteiger partial charge is 0.328 e. The van der Waals surface area contributed by atoms with Crippen LogP contribution in [0.15, 0.2) is 36.4 Å². The first-order valence-electron chi connectivity index (χ1n) is 7.20. The minimum absolute atomic E-state index is 0.0846. The molecule has 1 N–H and O–H groups in total. The predicted molar refractivity (Wildman–Crippen MR) is 93.1 cm³/mol. The van der Waals surface area contributed by atoms with Gasteiger partial charge in [-0.15, -0.1) is 0 Å². The van der Waals surface area contributed by atoms with E-state index < -0.39 is 22.8 Å². The quantitative estimate of drug-likeness (QED) is 0.317. The molecule has 0 bridgehead atoms. The minimum Gasteiger partial charge on any atom is -0.460 e. The Labute approximate surface area is 144 Å². The highest BCUT2D eigenvalue weighted by Gasteiger charge is 2.23. The lowest BCUT2D eigenvalue weighted by Crippen LogP contribution is -2.42. The summed E-state index contributed by atoms with van der Waals surface area (Å²) in [7, 11) is 0. The van der Waals surface area contributed by atoms with Crippen molar-refractivity contribution in [3.63, 3.8) is 0 Å². The molecule has 24 heavy (non-hydrogen) atoms. The number of hydrogen-bond acceptors (Lipinski definition) is 6. The zero-order valence-electron chi connectivity index (χ0n) is 13.6. The number of rotatable bonds is 9. The Balaban J connectivity index is 2.82. The lowest BCUT2D eigenvalue weighted by molar-refractivity contribution is -0.384. The van der Waals surface area contributed by atoms with Crippen molar-refractivity contribution in [3.8, 4) is 0 Å². The third-order valence-electron chi connectivity index (χ3n) is 2.98. The highest BCUT2D eigenvalue weighted by molar-refractivity contribution is 7.98. The summed E-state index contributed by atoms with van der Waals surface area (Å²) in [6.45, 7) is 5.46. The van der Waals surface area contributed by atoms with E-state index >= 15 is 0 Å². The fourth-order valence-electron chi connectivity index (χ4n) is 1.78. The second-order valence-corrected chi connectivity index (χ2v) is 6.17. The molecule has 1 unspecified atom stereocenters. The maximum atomic E-state index is 12.3. The lowest BCUT2D eigenvalue weighted by atomic mass is 10.1. The number of ether oxygens (including phenoxy) is 1. The van der Waals surface area contributed by atoms with Crippen LogP contribution < -0.4 is 5.32 Å².